The first kappa shape index (κ1) is 15.2. The lowest BCUT2D eigenvalue weighted by molar-refractivity contribution is 0.334. The highest BCUT2D eigenvalue weighted by Crippen LogP contribution is 2.27. The van der Waals surface area contributed by atoms with Crippen molar-refractivity contribution in [2.75, 3.05) is 20.1 Å². The third kappa shape index (κ3) is 2.79. The normalized spacial score (nSPS) is 13.3. The number of alkyl halides is 1. The minimum Gasteiger partial charge on any atom is -0.323 e. The maximum atomic E-state index is 14.0. The molecule has 3 nitrogen and oxygen atoms in total. The van der Waals surface area contributed by atoms with Crippen LogP contribution in [0.5, 0.6) is 0 Å². The summed E-state index contributed by atoms with van der Waals surface area (Å²) in [6.45, 7) is 5.94. The largest absolute Gasteiger partial charge is 0.323 e. The van der Waals surface area contributed by atoms with Crippen LogP contribution in [0, 0.1) is 11.6 Å². The van der Waals surface area contributed by atoms with Gasteiger partial charge < -0.3 is 9.47 Å². The molecule has 0 N–H and O–H groups in total. The molecule has 1 heterocycles. The first-order valence-electron chi connectivity index (χ1n) is 6.62. The Balaban J connectivity index is 2.52. The number of fused-ring (bicyclic) bond motifs is 1. The van der Waals surface area contributed by atoms with E-state index in [9.17, 15) is 8.78 Å². The molecule has 20 heavy (non-hydrogen) atoms. The Morgan fingerprint density at radius 2 is 2.10 bits per heavy atom. The average molecular weight is 302 g/mol. The smallest absolute Gasteiger partial charge is 0.184 e. The second kappa shape index (κ2) is 6.06. The van der Waals surface area contributed by atoms with Crippen LogP contribution >= 0.6 is 11.6 Å². The molecule has 0 saturated heterocycles. The van der Waals surface area contributed by atoms with E-state index in [4.69, 9.17) is 11.6 Å². The molecule has 0 bridgehead atoms. The molecule has 0 fully saturated rings. The van der Waals surface area contributed by atoms with Crippen LogP contribution in [0.3, 0.4) is 0 Å². The summed E-state index contributed by atoms with van der Waals surface area (Å²) in [4.78, 5) is 6.41. The van der Waals surface area contributed by atoms with Crippen molar-refractivity contribution < 1.29 is 8.78 Å². The van der Waals surface area contributed by atoms with Gasteiger partial charge in [0.1, 0.15) is 11.3 Å². The number of imidazole rings is 1. The highest BCUT2D eigenvalue weighted by atomic mass is 35.5. The van der Waals surface area contributed by atoms with Gasteiger partial charge in [0.25, 0.3) is 0 Å². The Kier molecular flexibility index (Phi) is 4.60. The molecule has 2 rings (SSSR count). The number of benzene rings is 1. The van der Waals surface area contributed by atoms with Gasteiger partial charge in [0.15, 0.2) is 11.6 Å². The molecule has 0 radical (unpaired) electrons. The summed E-state index contributed by atoms with van der Waals surface area (Å²) in [6, 6.07) is 2.58. The number of likely N-dealkylation sites (N-methyl/N-ethyl adjacent to an activating group) is 1. The molecular formula is C14H18ClF2N3. The first-order chi connectivity index (χ1) is 9.45. The summed E-state index contributed by atoms with van der Waals surface area (Å²) in [5, 5.41) is -0.364. The molecule has 0 aliphatic carbocycles. The van der Waals surface area contributed by atoms with Crippen LogP contribution in [-0.2, 0) is 6.54 Å². The number of halogens is 3. The molecule has 110 valence electrons. The summed E-state index contributed by atoms with van der Waals surface area (Å²) in [7, 11) is 1.97. The van der Waals surface area contributed by atoms with E-state index >= 15 is 0 Å². The van der Waals surface area contributed by atoms with E-state index in [-0.39, 0.29) is 10.9 Å². The van der Waals surface area contributed by atoms with Gasteiger partial charge in [0, 0.05) is 13.1 Å². The highest BCUT2D eigenvalue weighted by molar-refractivity contribution is 6.20. The van der Waals surface area contributed by atoms with Crippen LogP contribution in [0.2, 0.25) is 0 Å². The van der Waals surface area contributed by atoms with Crippen LogP contribution in [0.4, 0.5) is 8.78 Å². The van der Waals surface area contributed by atoms with E-state index in [1.807, 2.05) is 14.0 Å². The zero-order valence-corrected chi connectivity index (χ0v) is 12.6. The first-order valence-corrected chi connectivity index (χ1v) is 7.06. The van der Waals surface area contributed by atoms with Crippen LogP contribution in [0.1, 0.15) is 25.0 Å². The van der Waals surface area contributed by atoms with Gasteiger partial charge in [-0.1, -0.05) is 6.92 Å². The number of aromatic nitrogens is 2. The quantitative estimate of drug-likeness (QED) is 0.787. The molecule has 6 heteroatoms. The molecule has 2 aromatic rings. The molecule has 1 aromatic carbocycles. The number of nitrogens with zero attached hydrogens (tertiary/aromatic N) is 3. The van der Waals surface area contributed by atoms with Crippen LogP contribution < -0.4 is 0 Å². The van der Waals surface area contributed by atoms with Crippen molar-refractivity contribution in [2.24, 2.45) is 0 Å². The van der Waals surface area contributed by atoms with Gasteiger partial charge in [0.2, 0.25) is 0 Å². The van der Waals surface area contributed by atoms with E-state index in [2.05, 4.69) is 9.88 Å². The van der Waals surface area contributed by atoms with Crippen molar-refractivity contribution in [1.29, 1.82) is 0 Å². The van der Waals surface area contributed by atoms with E-state index < -0.39 is 11.6 Å². The number of hydrogen-bond acceptors (Lipinski definition) is 2. The summed E-state index contributed by atoms with van der Waals surface area (Å²) < 4.78 is 29.2. The molecule has 1 unspecified atom stereocenters. The van der Waals surface area contributed by atoms with Gasteiger partial charge in [-0.05, 0) is 32.6 Å². The fourth-order valence-corrected chi connectivity index (χ4v) is 2.30. The van der Waals surface area contributed by atoms with Crippen LogP contribution in [-0.4, -0.2) is 34.6 Å². The van der Waals surface area contributed by atoms with Gasteiger partial charge in [-0.25, -0.2) is 13.8 Å². The fraction of sp³-hybridized carbons (Fsp3) is 0.500. The Bertz CT molecular complexity index is 610. The Morgan fingerprint density at radius 3 is 2.70 bits per heavy atom. The van der Waals surface area contributed by atoms with Crippen molar-refractivity contribution in [1.82, 2.24) is 14.5 Å². The van der Waals surface area contributed by atoms with E-state index in [0.717, 1.165) is 12.6 Å². The SMILES string of the molecule is CCN(C)CCn1c(C(C)Cl)nc2ccc(F)c(F)c21. The predicted octanol–water partition coefficient (Wildman–Crippen LogP) is 3.57. The monoisotopic (exact) mass is 301 g/mol. The second-order valence-electron chi connectivity index (χ2n) is 4.86. The molecule has 0 aliphatic heterocycles. The molecule has 0 aliphatic rings. The molecule has 0 spiro atoms. The number of rotatable bonds is 5. The minimum absolute atomic E-state index is 0.192. The maximum absolute atomic E-state index is 14.0. The standard InChI is InChI=1S/C14H18ClF2N3/c1-4-19(3)7-8-20-13-11(18-14(20)9(2)15)6-5-10(16)12(13)17/h5-6,9H,4,7-8H2,1-3H3. The Morgan fingerprint density at radius 1 is 1.40 bits per heavy atom. The van der Waals surface area contributed by atoms with Gasteiger partial charge in [-0.15, -0.1) is 11.6 Å². The Labute approximate surface area is 122 Å². The zero-order valence-electron chi connectivity index (χ0n) is 11.8. The fourth-order valence-electron chi connectivity index (χ4n) is 2.13. The molecule has 1 aromatic heterocycles. The lowest BCUT2D eigenvalue weighted by Gasteiger charge is -2.16. The summed E-state index contributed by atoms with van der Waals surface area (Å²) in [5.41, 5.74) is 0.627. The van der Waals surface area contributed by atoms with E-state index in [1.165, 1.54) is 6.07 Å². The third-order valence-electron chi connectivity index (χ3n) is 3.43. The van der Waals surface area contributed by atoms with Gasteiger partial charge in [-0.3, -0.25) is 0 Å². The topological polar surface area (TPSA) is 21.1 Å². The molecule has 0 amide bonds. The lowest BCUT2D eigenvalue weighted by atomic mass is 10.3. The van der Waals surface area contributed by atoms with Crippen molar-refractivity contribution in [3.63, 3.8) is 0 Å². The van der Waals surface area contributed by atoms with Crippen molar-refractivity contribution in [2.45, 2.75) is 25.8 Å². The van der Waals surface area contributed by atoms with Crippen molar-refractivity contribution in [3.8, 4) is 0 Å². The molecule has 0 saturated carbocycles. The average Bonchev–Trinajstić information content (AvgIpc) is 2.79. The third-order valence-corrected chi connectivity index (χ3v) is 3.63. The van der Waals surface area contributed by atoms with E-state index in [0.29, 0.717) is 24.4 Å². The van der Waals surface area contributed by atoms with Crippen LogP contribution in [0.25, 0.3) is 11.0 Å². The molecule has 1 atom stereocenters. The van der Waals surface area contributed by atoms with E-state index in [1.54, 1.807) is 11.5 Å². The van der Waals surface area contributed by atoms with Gasteiger partial charge >= 0.3 is 0 Å². The second-order valence-corrected chi connectivity index (χ2v) is 5.52. The summed E-state index contributed by atoms with van der Waals surface area (Å²) in [6.07, 6.45) is 0. The summed E-state index contributed by atoms with van der Waals surface area (Å²) >= 11 is 6.11. The summed E-state index contributed by atoms with van der Waals surface area (Å²) in [5.74, 6) is -1.16. The number of hydrogen-bond donors (Lipinski definition) is 0. The predicted molar refractivity (Wildman–Crippen MR) is 77.1 cm³/mol. The van der Waals surface area contributed by atoms with Gasteiger partial charge in [-0.2, -0.15) is 0 Å². The maximum Gasteiger partial charge on any atom is 0.184 e. The molecular weight excluding hydrogens is 284 g/mol. The lowest BCUT2D eigenvalue weighted by Crippen LogP contribution is -2.23. The zero-order chi connectivity index (χ0) is 14.9. The Hall–Kier alpha value is -1.20. The minimum atomic E-state index is -0.865. The van der Waals surface area contributed by atoms with Gasteiger partial charge in [0.05, 0.1) is 10.9 Å². The highest BCUT2D eigenvalue weighted by Gasteiger charge is 2.19. The van der Waals surface area contributed by atoms with Crippen LogP contribution in [0.15, 0.2) is 12.1 Å². The van der Waals surface area contributed by atoms with Crippen molar-refractivity contribution >= 4 is 22.6 Å². The van der Waals surface area contributed by atoms with Crippen molar-refractivity contribution in [3.05, 3.63) is 29.6 Å².